The second kappa shape index (κ2) is 8.15. The van der Waals surface area contributed by atoms with Crippen LogP contribution < -0.4 is 21.7 Å². The summed E-state index contributed by atoms with van der Waals surface area (Å²) in [6.07, 6.45) is 0. The third kappa shape index (κ3) is 4.47. The first-order valence-electron chi connectivity index (χ1n) is 7.17. The first-order valence-corrected chi connectivity index (χ1v) is 7.17. The zero-order chi connectivity index (χ0) is 19.1. The van der Waals surface area contributed by atoms with Crippen LogP contribution in [0.4, 0.5) is 0 Å². The largest absolute Gasteiger partial charge is 0.507 e. The Balaban J connectivity index is 1.83. The predicted octanol–water partition coefficient (Wildman–Crippen LogP) is -0.680. The van der Waals surface area contributed by atoms with Crippen LogP contribution in [0.1, 0.15) is 20.7 Å². The van der Waals surface area contributed by atoms with Gasteiger partial charge < -0.3 is 10.2 Å². The summed E-state index contributed by atoms with van der Waals surface area (Å²) in [6, 6.07) is 11.2. The molecule has 0 heterocycles. The van der Waals surface area contributed by atoms with Crippen molar-refractivity contribution in [2.45, 2.75) is 0 Å². The summed E-state index contributed by atoms with van der Waals surface area (Å²) in [5.74, 6) is -4.85. The maximum atomic E-state index is 11.8. The van der Waals surface area contributed by atoms with Crippen LogP contribution in [0.2, 0.25) is 0 Å². The highest BCUT2D eigenvalue weighted by Gasteiger charge is 2.18. The minimum Gasteiger partial charge on any atom is -0.507 e. The smallest absolute Gasteiger partial charge is 0.329 e. The van der Waals surface area contributed by atoms with E-state index in [9.17, 15) is 29.4 Å². The zero-order valence-corrected chi connectivity index (χ0v) is 13.1. The summed E-state index contributed by atoms with van der Waals surface area (Å²) < 4.78 is 0. The minimum atomic E-state index is -1.27. The third-order valence-corrected chi connectivity index (χ3v) is 3.08. The minimum absolute atomic E-state index is 0.110. The fourth-order valence-corrected chi connectivity index (χ4v) is 1.81. The van der Waals surface area contributed by atoms with Gasteiger partial charge in [0.15, 0.2) is 0 Å². The Morgan fingerprint density at radius 3 is 1.27 bits per heavy atom. The maximum Gasteiger partial charge on any atom is 0.329 e. The van der Waals surface area contributed by atoms with Crippen molar-refractivity contribution in [2.24, 2.45) is 0 Å². The van der Waals surface area contributed by atoms with E-state index in [-0.39, 0.29) is 22.6 Å². The number of hydrogen-bond acceptors (Lipinski definition) is 6. The number of para-hydroxylation sites is 2. The van der Waals surface area contributed by atoms with E-state index in [1.807, 2.05) is 21.7 Å². The summed E-state index contributed by atoms with van der Waals surface area (Å²) in [5, 5.41) is 19.0. The van der Waals surface area contributed by atoms with E-state index < -0.39 is 23.6 Å². The molecule has 0 aromatic heterocycles. The Labute approximate surface area is 146 Å². The number of hydrazine groups is 2. The molecule has 0 saturated heterocycles. The topological polar surface area (TPSA) is 157 Å². The molecule has 4 amide bonds. The first-order chi connectivity index (χ1) is 12.4. The van der Waals surface area contributed by atoms with Gasteiger partial charge in [0.25, 0.3) is 11.8 Å². The summed E-state index contributed by atoms with van der Waals surface area (Å²) in [5.41, 5.74) is 7.29. The number of rotatable bonds is 2. The van der Waals surface area contributed by atoms with Gasteiger partial charge in [-0.2, -0.15) is 0 Å². The Hall–Kier alpha value is -4.08. The second-order valence-corrected chi connectivity index (χ2v) is 4.85. The molecule has 10 heteroatoms. The molecule has 6 N–H and O–H groups in total. The van der Waals surface area contributed by atoms with Crippen LogP contribution in [0, 0.1) is 0 Å². The van der Waals surface area contributed by atoms with Crippen LogP contribution in [0.3, 0.4) is 0 Å². The average molecular weight is 358 g/mol. The highest BCUT2D eigenvalue weighted by molar-refractivity contribution is 6.35. The quantitative estimate of drug-likeness (QED) is 0.308. The normalized spacial score (nSPS) is 9.69. The predicted molar refractivity (Wildman–Crippen MR) is 87.4 cm³/mol. The highest BCUT2D eigenvalue weighted by Crippen LogP contribution is 2.15. The van der Waals surface area contributed by atoms with Crippen LogP contribution in [0.5, 0.6) is 11.5 Å². The second-order valence-electron chi connectivity index (χ2n) is 4.85. The number of phenols is 2. The van der Waals surface area contributed by atoms with Crippen molar-refractivity contribution in [2.75, 3.05) is 0 Å². The zero-order valence-electron chi connectivity index (χ0n) is 13.1. The monoisotopic (exact) mass is 358 g/mol. The van der Waals surface area contributed by atoms with Crippen LogP contribution in [-0.2, 0) is 9.59 Å². The van der Waals surface area contributed by atoms with Crippen molar-refractivity contribution in [1.82, 2.24) is 21.7 Å². The van der Waals surface area contributed by atoms with E-state index in [1.165, 1.54) is 48.5 Å². The third-order valence-electron chi connectivity index (χ3n) is 3.08. The van der Waals surface area contributed by atoms with Gasteiger partial charge in [0, 0.05) is 0 Å². The van der Waals surface area contributed by atoms with Crippen LogP contribution in [0.15, 0.2) is 48.5 Å². The van der Waals surface area contributed by atoms with Gasteiger partial charge in [0.1, 0.15) is 11.5 Å². The molecule has 0 aliphatic rings. The molecule has 2 aromatic carbocycles. The molecule has 0 radical (unpaired) electrons. The lowest BCUT2D eigenvalue weighted by Gasteiger charge is -2.10. The van der Waals surface area contributed by atoms with Gasteiger partial charge in [-0.3, -0.25) is 40.9 Å². The van der Waals surface area contributed by atoms with E-state index >= 15 is 0 Å². The number of hydrogen-bond donors (Lipinski definition) is 6. The first kappa shape index (κ1) is 18.3. The van der Waals surface area contributed by atoms with E-state index in [1.54, 1.807) is 0 Å². The van der Waals surface area contributed by atoms with E-state index in [4.69, 9.17) is 0 Å². The number of aromatic hydroxyl groups is 2. The molecule has 0 fully saturated rings. The molecule has 0 aliphatic carbocycles. The van der Waals surface area contributed by atoms with E-state index in [0.29, 0.717) is 0 Å². The van der Waals surface area contributed by atoms with Gasteiger partial charge in [-0.1, -0.05) is 24.3 Å². The molecule has 26 heavy (non-hydrogen) atoms. The Bertz CT molecular complexity index is 796. The van der Waals surface area contributed by atoms with Gasteiger partial charge in [-0.25, -0.2) is 0 Å². The molecule has 10 nitrogen and oxygen atoms in total. The standard InChI is InChI=1S/C16H14N4O6/c21-11-7-3-1-5-9(11)13(23)17-19-15(25)16(26)20-18-14(24)10-6-2-4-8-12(10)22/h1-8,21-22H,(H,17,23)(H,18,24)(H,19,25)(H,20,26). The summed E-state index contributed by atoms with van der Waals surface area (Å²) in [7, 11) is 0. The number of phenolic OH excluding ortho intramolecular Hbond substituents is 2. The Morgan fingerprint density at radius 1 is 0.577 bits per heavy atom. The average Bonchev–Trinajstić information content (AvgIpc) is 2.64. The van der Waals surface area contributed by atoms with Gasteiger partial charge in [-0.05, 0) is 24.3 Å². The molecule has 0 atom stereocenters. The summed E-state index contributed by atoms with van der Waals surface area (Å²) >= 11 is 0. The van der Waals surface area contributed by atoms with Gasteiger partial charge in [0.05, 0.1) is 11.1 Å². The summed E-state index contributed by atoms with van der Waals surface area (Å²) in [4.78, 5) is 46.7. The molecular formula is C16H14N4O6. The molecule has 0 aliphatic heterocycles. The van der Waals surface area contributed by atoms with Crippen LogP contribution in [-0.4, -0.2) is 33.8 Å². The summed E-state index contributed by atoms with van der Waals surface area (Å²) in [6.45, 7) is 0. The fourth-order valence-electron chi connectivity index (χ4n) is 1.81. The van der Waals surface area contributed by atoms with Crippen molar-refractivity contribution in [1.29, 1.82) is 0 Å². The fraction of sp³-hybridized carbons (Fsp3) is 0. The molecule has 134 valence electrons. The van der Waals surface area contributed by atoms with Gasteiger partial charge in [-0.15, -0.1) is 0 Å². The SMILES string of the molecule is O=C(NNC(=O)c1ccccc1O)C(=O)NNC(=O)c1ccccc1O. The lowest BCUT2D eigenvalue weighted by Crippen LogP contribution is -2.52. The van der Waals surface area contributed by atoms with Crippen molar-refractivity contribution in [3.63, 3.8) is 0 Å². The molecule has 2 aromatic rings. The molecule has 0 unspecified atom stereocenters. The number of carbonyl (C=O) groups excluding carboxylic acids is 4. The molecule has 2 rings (SSSR count). The number of nitrogens with one attached hydrogen (secondary N) is 4. The lowest BCUT2D eigenvalue weighted by molar-refractivity contribution is -0.140. The van der Waals surface area contributed by atoms with Gasteiger partial charge >= 0.3 is 11.8 Å². The lowest BCUT2D eigenvalue weighted by atomic mass is 10.2. The van der Waals surface area contributed by atoms with E-state index in [2.05, 4.69) is 0 Å². The number of amides is 4. The Kier molecular flexibility index (Phi) is 5.72. The van der Waals surface area contributed by atoms with Crippen LogP contribution >= 0.6 is 0 Å². The van der Waals surface area contributed by atoms with Gasteiger partial charge in [0.2, 0.25) is 0 Å². The van der Waals surface area contributed by atoms with Crippen molar-refractivity contribution < 1.29 is 29.4 Å². The maximum absolute atomic E-state index is 11.8. The van der Waals surface area contributed by atoms with Crippen LogP contribution in [0.25, 0.3) is 0 Å². The molecule has 0 saturated carbocycles. The number of carbonyl (C=O) groups is 4. The van der Waals surface area contributed by atoms with E-state index in [0.717, 1.165) is 0 Å². The Morgan fingerprint density at radius 2 is 0.923 bits per heavy atom. The molecular weight excluding hydrogens is 344 g/mol. The number of benzene rings is 2. The molecule has 0 spiro atoms. The van der Waals surface area contributed by atoms with Crippen molar-refractivity contribution >= 4 is 23.6 Å². The highest BCUT2D eigenvalue weighted by atomic mass is 16.3. The molecule has 0 bridgehead atoms. The van der Waals surface area contributed by atoms with Crippen molar-refractivity contribution in [3.05, 3.63) is 59.7 Å². The van der Waals surface area contributed by atoms with Crippen molar-refractivity contribution in [3.8, 4) is 11.5 Å².